The number of thiazole rings is 1. The van der Waals surface area contributed by atoms with Crippen LogP contribution in [0, 0.1) is 5.92 Å². The van der Waals surface area contributed by atoms with Gasteiger partial charge in [-0.2, -0.15) is 0 Å². The Morgan fingerprint density at radius 1 is 1.43 bits per heavy atom. The first-order chi connectivity index (χ1) is 11.2. The molecular weight excluding hydrogens is 310 g/mol. The van der Waals surface area contributed by atoms with Crippen LogP contribution in [0.3, 0.4) is 0 Å². The maximum atomic E-state index is 12.2. The van der Waals surface area contributed by atoms with E-state index in [9.17, 15) is 4.79 Å². The Morgan fingerprint density at radius 3 is 3.04 bits per heavy atom. The van der Waals surface area contributed by atoms with Gasteiger partial charge in [0, 0.05) is 13.2 Å². The predicted molar refractivity (Wildman–Crippen MR) is 90.4 cm³/mol. The van der Waals surface area contributed by atoms with Crippen LogP contribution >= 0.6 is 10.5 Å². The van der Waals surface area contributed by atoms with Crippen molar-refractivity contribution < 1.29 is 9.53 Å². The molecule has 2 aromatic heterocycles. The molecule has 0 radical (unpaired) electrons. The average Bonchev–Trinajstić information content (AvgIpc) is 3.29. The molecule has 0 spiro atoms. The van der Waals surface area contributed by atoms with Crippen molar-refractivity contribution >= 4 is 16.4 Å². The summed E-state index contributed by atoms with van der Waals surface area (Å²) in [5.74, 6) is 0.592. The van der Waals surface area contributed by atoms with E-state index < -0.39 is 0 Å². The lowest BCUT2D eigenvalue weighted by atomic mass is 10.3. The molecule has 1 aliphatic rings. The molecule has 0 aromatic carbocycles. The van der Waals surface area contributed by atoms with Gasteiger partial charge in [0.2, 0.25) is 5.01 Å². The van der Waals surface area contributed by atoms with Crippen molar-refractivity contribution in [3.05, 3.63) is 46.2 Å². The highest BCUT2D eigenvalue weighted by molar-refractivity contribution is 7.27. The van der Waals surface area contributed by atoms with Crippen molar-refractivity contribution in [2.75, 3.05) is 13.2 Å². The number of pyridine rings is 1. The molecule has 0 aliphatic heterocycles. The van der Waals surface area contributed by atoms with Crippen LogP contribution in [0.1, 0.15) is 34.0 Å². The van der Waals surface area contributed by atoms with Crippen LogP contribution in [-0.4, -0.2) is 29.0 Å². The standard InChI is InChI=1S/C17H21N3O2S/c1-23-10-9-18-16(23)7-8-19-17(21)15-4-2-3-14(20-15)12-22-11-13-5-6-13/h2-4,9-10,13H,5-8,11-12H2,1H3/p+1. The number of hydrogen-bond acceptors (Lipinski definition) is 4. The summed E-state index contributed by atoms with van der Waals surface area (Å²) < 4.78 is 5.62. The van der Waals surface area contributed by atoms with E-state index in [1.807, 2.05) is 18.3 Å². The largest absolute Gasteiger partial charge is 0.375 e. The van der Waals surface area contributed by atoms with Crippen LogP contribution < -0.4 is 5.32 Å². The van der Waals surface area contributed by atoms with Gasteiger partial charge < -0.3 is 10.1 Å². The molecule has 0 bridgehead atoms. The molecule has 6 heteroatoms. The zero-order valence-corrected chi connectivity index (χ0v) is 14.1. The average molecular weight is 332 g/mol. The number of aryl methyl sites for hydroxylation is 1. The summed E-state index contributed by atoms with van der Waals surface area (Å²) >= 11 is 0. The van der Waals surface area contributed by atoms with Crippen molar-refractivity contribution in [1.29, 1.82) is 0 Å². The van der Waals surface area contributed by atoms with Crippen LogP contribution in [0.4, 0.5) is 0 Å². The Labute approximate surface area is 139 Å². The number of carbonyl (C=O) groups is 1. The van der Waals surface area contributed by atoms with E-state index in [4.69, 9.17) is 4.74 Å². The number of aromatic nitrogens is 2. The second-order valence-electron chi connectivity index (χ2n) is 5.84. The third-order valence-corrected chi connectivity index (χ3v) is 5.40. The van der Waals surface area contributed by atoms with E-state index in [-0.39, 0.29) is 16.4 Å². The molecule has 1 saturated carbocycles. The lowest BCUT2D eigenvalue weighted by Gasteiger charge is -2.06. The third kappa shape index (κ3) is 4.84. The van der Waals surface area contributed by atoms with Gasteiger partial charge in [-0.15, -0.1) is 0 Å². The quantitative estimate of drug-likeness (QED) is 0.755. The SMILES string of the molecule is C[s+]1ccnc1CCNC(=O)c1cccc(COCC2CC2)n1. The maximum absolute atomic E-state index is 12.2. The van der Waals surface area contributed by atoms with E-state index in [0.29, 0.717) is 18.8 Å². The van der Waals surface area contributed by atoms with Gasteiger partial charge in [0.15, 0.2) is 5.38 Å². The van der Waals surface area contributed by atoms with E-state index in [2.05, 4.69) is 26.9 Å². The number of nitrogens with zero attached hydrogens (tertiary/aromatic N) is 2. The number of nitrogens with one attached hydrogen (secondary N) is 1. The zero-order valence-electron chi connectivity index (χ0n) is 13.3. The van der Waals surface area contributed by atoms with Gasteiger partial charge >= 0.3 is 0 Å². The Morgan fingerprint density at radius 2 is 2.30 bits per heavy atom. The zero-order chi connectivity index (χ0) is 16.1. The summed E-state index contributed by atoms with van der Waals surface area (Å²) in [6.07, 6.45) is 7.30. The van der Waals surface area contributed by atoms with Gasteiger partial charge in [0.25, 0.3) is 5.91 Å². The summed E-state index contributed by atoms with van der Waals surface area (Å²) in [7, 11) is 0.110. The van der Waals surface area contributed by atoms with Crippen LogP contribution in [0.5, 0.6) is 0 Å². The summed E-state index contributed by atoms with van der Waals surface area (Å²) in [5, 5.41) is 6.14. The first-order valence-electron chi connectivity index (χ1n) is 7.92. The van der Waals surface area contributed by atoms with E-state index in [1.54, 1.807) is 6.07 Å². The van der Waals surface area contributed by atoms with Gasteiger partial charge in [-0.25, -0.2) is 9.97 Å². The van der Waals surface area contributed by atoms with Crippen LogP contribution in [-0.2, 0) is 24.0 Å². The first kappa shape index (κ1) is 16.1. The molecular formula is C17H22N3O2S+. The molecule has 1 unspecified atom stereocenters. The van der Waals surface area contributed by atoms with E-state index >= 15 is 0 Å². The number of amides is 1. The van der Waals surface area contributed by atoms with Crippen molar-refractivity contribution in [2.24, 2.45) is 12.2 Å². The molecule has 5 nitrogen and oxygen atoms in total. The topological polar surface area (TPSA) is 64.1 Å². The number of ether oxygens (including phenoxy) is 1. The highest BCUT2D eigenvalue weighted by Gasteiger charge is 2.21. The Hall–Kier alpha value is -1.79. The highest BCUT2D eigenvalue weighted by Crippen LogP contribution is 2.29. The molecule has 23 heavy (non-hydrogen) atoms. The second-order valence-corrected chi connectivity index (χ2v) is 7.70. The van der Waals surface area contributed by atoms with Crippen LogP contribution in [0.15, 0.2) is 29.8 Å². The van der Waals surface area contributed by atoms with Gasteiger partial charge in [0.05, 0.1) is 24.9 Å². The predicted octanol–water partition coefficient (Wildman–Crippen LogP) is 2.66. The molecule has 122 valence electrons. The Kier molecular flexibility index (Phi) is 5.35. The fourth-order valence-corrected chi connectivity index (χ4v) is 3.32. The third-order valence-electron chi connectivity index (χ3n) is 3.82. The maximum Gasteiger partial charge on any atom is 0.269 e. The van der Waals surface area contributed by atoms with Crippen molar-refractivity contribution in [2.45, 2.75) is 25.9 Å². The van der Waals surface area contributed by atoms with Gasteiger partial charge in [-0.1, -0.05) is 6.07 Å². The minimum absolute atomic E-state index is 0.110. The van der Waals surface area contributed by atoms with Crippen LogP contribution in [0.25, 0.3) is 0 Å². The molecule has 1 amide bonds. The molecule has 2 aromatic rings. The summed E-state index contributed by atoms with van der Waals surface area (Å²) in [6.45, 7) is 1.85. The summed E-state index contributed by atoms with van der Waals surface area (Å²) in [5.41, 5.74) is 1.25. The van der Waals surface area contributed by atoms with Crippen molar-refractivity contribution in [3.63, 3.8) is 0 Å². The summed E-state index contributed by atoms with van der Waals surface area (Å²) in [4.78, 5) is 20.9. The Bertz CT molecular complexity index is 667. The minimum Gasteiger partial charge on any atom is -0.375 e. The highest BCUT2D eigenvalue weighted by atomic mass is 32.2. The van der Waals surface area contributed by atoms with Crippen molar-refractivity contribution in [1.82, 2.24) is 15.3 Å². The molecule has 2 heterocycles. The number of carbonyl (C=O) groups excluding carboxylic acids is 1. The minimum atomic E-state index is -0.142. The number of hydrogen-bond donors (Lipinski definition) is 1. The van der Waals surface area contributed by atoms with E-state index in [0.717, 1.165) is 29.6 Å². The molecule has 3 rings (SSSR count). The Balaban J connectivity index is 1.47. The normalized spacial score (nSPS) is 14.7. The van der Waals surface area contributed by atoms with Gasteiger partial charge in [0.1, 0.15) is 11.9 Å². The lowest BCUT2D eigenvalue weighted by Crippen LogP contribution is -2.26. The van der Waals surface area contributed by atoms with Crippen molar-refractivity contribution in [3.8, 4) is 0 Å². The molecule has 1 aliphatic carbocycles. The first-order valence-corrected chi connectivity index (χ1v) is 9.62. The van der Waals surface area contributed by atoms with Gasteiger partial charge in [-0.05, 0) is 41.4 Å². The number of rotatable bonds is 8. The molecule has 1 atom stereocenters. The van der Waals surface area contributed by atoms with Gasteiger partial charge in [-0.3, -0.25) is 4.79 Å². The second kappa shape index (κ2) is 7.66. The smallest absolute Gasteiger partial charge is 0.269 e. The van der Waals surface area contributed by atoms with E-state index in [1.165, 1.54) is 12.8 Å². The lowest BCUT2D eigenvalue weighted by molar-refractivity contribution is 0.0944. The monoisotopic (exact) mass is 332 g/mol. The molecule has 1 N–H and O–H groups in total. The fraction of sp³-hybridized carbons (Fsp3) is 0.471. The summed E-state index contributed by atoms with van der Waals surface area (Å²) in [6, 6.07) is 5.48. The molecule has 1 fully saturated rings. The fourth-order valence-electron chi connectivity index (χ4n) is 2.27. The van der Waals surface area contributed by atoms with Crippen LogP contribution in [0.2, 0.25) is 0 Å². The molecule has 0 saturated heterocycles.